The maximum absolute atomic E-state index is 15.3. The highest BCUT2D eigenvalue weighted by Crippen LogP contribution is 2.61. The van der Waals surface area contributed by atoms with Gasteiger partial charge in [0.2, 0.25) is 11.8 Å². The Bertz CT molecular complexity index is 2280. The third-order valence-corrected chi connectivity index (χ3v) is 12.1. The van der Waals surface area contributed by atoms with Gasteiger partial charge in [-0.2, -0.15) is 5.01 Å². The van der Waals surface area contributed by atoms with Crippen LogP contribution >= 0.6 is 23.2 Å². The van der Waals surface area contributed by atoms with Crippen LogP contribution < -0.4 is 14.9 Å². The van der Waals surface area contributed by atoms with Crippen LogP contribution in [0.25, 0.3) is 6.08 Å². The first-order chi connectivity index (χ1) is 26.6. The summed E-state index contributed by atoms with van der Waals surface area (Å²) in [7, 11) is 3.01. The molecule has 4 aliphatic rings. The van der Waals surface area contributed by atoms with Crippen molar-refractivity contribution in [2.24, 2.45) is 29.6 Å². The van der Waals surface area contributed by atoms with Gasteiger partial charge in [-0.05, 0) is 77.9 Å². The number of nitrogens with zero attached hydrogens (tertiary/aromatic N) is 2. The van der Waals surface area contributed by atoms with Gasteiger partial charge in [-0.1, -0.05) is 95.5 Å². The van der Waals surface area contributed by atoms with E-state index in [1.54, 1.807) is 55.6 Å². The molecule has 0 spiro atoms. The van der Waals surface area contributed by atoms with Gasteiger partial charge < -0.3 is 14.6 Å². The van der Waals surface area contributed by atoms with Crippen LogP contribution in [-0.4, -0.2) is 52.9 Å². The first kappa shape index (κ1) is 36.4. The van der Waals surface area contributed by atoms with E-state index in [1.807, 2.05) is 48.6 Å². The topological polar surface area (TPSA) is 125 Å². The van der Waals surface area contributed by atoms with Gasteiger partial charge in [0.25, 0.3) is 11.8 Å². The molecule has 1 saturated carbocycles. The van der Waals surface area contributed by atoms with Crippen molar-refractivity contribution in [1.29, 1.82) is 0 Å². The van der Waals surface area contributed by atoms with Crippen LogP contribution in [-0.2, 0) is 31.1 Å². The van der Waals surface area contributed by atoms with Crippen molar-refractivity contribution in [3.05, 3.63) is 135 Å². The van der Waals surface area contributed by atoms with Crippen LogP contribution in [0.2, 0.25) is 10.0 Å². The number of allylic oxidation sites excluding steroid dienone is 3. The number of hydrogen-bond donors (Lipinski definition) is 2. The smallest absolute Gasteiger partial charge is 0.260 e. The minimum Gasteiger partial charge on any atom is -0.504 e. The van der Waals surface area contributed by atoms with Gasteiger partial charge in [-0.15, -0.1) is 0 Å². The number of hydrazine groups is 1. The van der Waals surface area contributed by atoms with Gasteiger partial charge in [0.15, 0.2) is 11.5 Å². The Morgan fingerprint density at radius 3 is 2.35 bits per heavy atom. The lowest BCUT2D eigenvalue weighted by Gasteiger charge is -2.49. The molecule has 8 rings (SSSR count). The normalized spacial score (nSPS) is 25.8. The summed E-state index contributed by atoms with van der Waals surface area (Å²) in [5.74, 6) is -4.25. The Morgan fingerprint density at radius 2 is 1.64 bits per heavy atom. The molecule has 6 unspecified atom stereocenters. The van der Waals surface area contributed by atoms with Crippen LogP contribution in [0.5, 0.6) is 17.2 Å². The number of hydrogen-bond acceptors (Lipinski definition) is 8. The van der Waals surface area contributed by atoms with Crippen LogP contribution in [0.3, 0.4) is 0 Å². The van der Waals surface area contributed by atoms with Gasteiger partial charge in [-0.3, -0.25) is 29.5 Å². The van der Waals surface area contributed by atoms with E-state index in [9.17, 15) is 19.5 Å². The lowest BCUT2D eigenvalue weighted by molar-refractivity contribution is -0.142. The molecule has 10 nitrogen and oxygen atoms in total. The quantitative estimate of drug-likeness (QED) is 0.133. The molecule has 55 heavy (non-hydrogen) atoms. The van der Waals surface area contributed by atoms with Gasteiger partial charge in [0.05, 0.1) is 54.6 Å². The molecule has 2 aliphatic carbocycles. The second kappa shape index (κ2) is 14.2. The van der Waals surface area contributed by atoms with Crippen molar-refractivity contribution in [3.63, 3.8) is 0 Å². The number of ether oxygens (including phenoxy) is 2. The number of halogens is 2. The van der Waals surface area contributed by atoms with Crippen molar-refractivity contribution in [2.75, 3.05) is 19.6 Å². The average molecular weight is 779 g/mol. The Labute approximate surface area is 327 Å². The second-order valence-corrected chi connectivity index (χ2v) is 15.1. The maximum atomic E-state index is 15.3. The number of fused-ring (bicyclic) bond motifs is 4. The molecule has 3 fully saturated rings. The van der Waals surface area contributed by atoms with Crippen molar-refractivity contribution >= 4 is 58.6 Å². The molecule has 6 atom stereocenters. The Balaban J connectivity index is 1.29. The number of imide groups is 2. The standard InChI is InChI=1S/C43H37Cl2N3O7/c1-54-28-13-10-26(11-14-28)43-32(17-8-24-9-19-36(49)37(20-24)55-2)29-15-16-30-38(41(52)47(39(30)50)23-25-6-4-3-5-7-25)31(29)22-33(43)40(51)48(42(43)53)46-35-18-12-27(44)21-34(35)45/h3-15,17-21,30-33,38,46,49H,16,22-23H2,1-2H3. The van der Waals surface area contributed by atoms with E-state index < -0.39 is 46.8 Å². The summed E-state index contributed by atoms with van der Waals surface area (Å²) in [5.41, 5.74) is 4.73. The van der Waals surface area contributed by atoms with E-state index in [4.69, 9.17) is 32.7 Å². The maximum Gasteiger partial charge on any atom is 0.260 e. The number of benzene rings is 4. The van der Waals surface area contributed by atoms with Gasteiger partial charge in [0, 0.05) is 10.9 Å². The van der Waals surface area contributed by atoms with Crippen LogP contribution in [0.15, 0.2) is 109 Å². The number of anilines is 1. The summed E-state index contributed by atoms with van der Waals surface area (Å²) in [6.45, 7) is 0.149. The predicted octanol–water partition coefficient (Wildman–Crippen LogP) is 7.45. The molecule has 0 radical (unpaired) electrons. The highest BCUT2D eigenvalue weighted by atomic mass is 35.5. The number of aromatic hydroxyl groups is 1. The molecule has 280 valence electrons. The van der Waals surface area contributed by atoms with Crippen molar-refractivity contribution in [3.8, 4) is 17.2 Å². The lowest BCUT2D eigenvalue weighted by atomic mass is 9.50. The molecule has 4 aromatic carbocycles. The van der Waals surface area contributed by atoms with Crippen molar-refractivity contribution < 1.29 is 33.8 Å². The van der Waals surface area contributed by atoms with Crippen LogP contribution in [0, 0.1) is 29.6 Å². The number of carbonyl (C=O) groups is 4. The largest absolute Gasteiger partial charge is 0.504 e. The SMILES string of the molecule is COc1ccc(C23C(=O)N(Nc4ccc(Cl)cc4Cl)C(=O)C2CC2C(=CCC4C(=O)N(Cc5ccccc5)C(=O)C42)C3C=Cc2ccc(O)c(OC)c2)cc1. The highest BCUT2D eigenvalue weighted by molar-refractivity contribution is 6.36. The first-order valence-corrected chi connectivity index (χ1v) is 18.7. The molecular weight excluding hydrogens is 741 g/mol. The average Bonchev–Trinajstić information content (AvgIpc) is 3.56. The fourth-order valence-corrected chi connectivity index (χ4v) is 9.53. The highest BCUT2D eigenvalue weighted by Gasteiger charge is 2.69. The third-order valence-electron chi connectivity index (χ3n) is 11.6. The number of carbonyl (C=O) groups excluding carboxylic acids is 4. The van der Waals surface area contributed by atoms with E-state index in [1.165, 1.54) is 24.1 Å². The first-order valence-electron chi connectivity index (χ1n) is 18.0. The molecule has 4 amide bonds. The minimum atomic E-state index is -1.49. The molecule has 2 saturated heterocycles. The molecule has 4 aromatic rings. The zero-order valence-corrected chi connectivity index (χ0v) is 31.5. The number of amides is 4. The minimum absolute atomic E-state index is 0.0307. The van der Waals surface area contributed by atoms with Crippen molar-refractivity contribution in [1.82, 2.24) is 9.91 Å². The Hall–Kier alpha value is -5.58. The number of phenolic OH excluding ortho intramolecular Hbond substituents is 1. The molecule has 2 N–H and O–H groups in total. The monoisotopic (exact) mass is 777 g/mol. The van der Waals surface area contributed by atoms with E-state index in [0.29, 0.717) is 34.0 Å². The molecule has 2 aliphatic heterocycles. The molecule has 0 aromatic heterocycles. The second-order valence-electron chi connectivity index (χ2n) is 14.3. The lowest BCUT2D eigenvalue weighted by Crippen LogP contribution is -2.54. The Morgan fingerprint density at radius 1 is 0.873 bits per heavy atom. The summed E-state index contributed by atoms with van der Waals surface area (Å²) in [4.78, 5) is 60.0. The van der Waals surface area contributed by atoms with E-state index in [2.05, 4.69) is 5.43 Å². The van der Waals surface area contributed by atoms with Crippen LogP contribution in [0.4, 0.5) is 5.69 Å². The predicted molar refractivity (Wildman–Crippen MR) is 207 cm³/mol. The number of methoxy groups -OCH3 is 2. The number of rotatable bonds is 9. The van der Waals surface area contributed by atoms with Gasteiger partial charge in [-0.25, -0.2) is 0 Å². The molecule has 0 bridgehead atoms. The van der Waals surface area contributed by atoms with Gasteiger partial charge in [0.1, 0.15) is 5.75 Å². The van der Waals surface area contributed by atoms with E-state index >= 15 is 4.79 Å². The summed E-state index contributed by atoms with van der Waals surface area (Å²) in [6, 6.07) is 26.1. The number of phenols is 1. The molecule has 2 heterocycles. The van der Waals surface area contributed by atoms with Crippen LogP contribution in [0.1, 0.15) is 29.5 Å². The fourth-order valence-electron chi connectivity index (χ4n) is 9.08. The fraction of sp³-hybridized carbons (Fsp3) is 0.256. The summed E-state index contributed by atoms with van der Waals surface area (Å²) < 4.78 is 10.8. The Kier molecular flexibility index (Phi) is 9.43. The summed E-state index contributed by atoms with van der Waals surface area (Å²) in [5, 5.41) is 12.0. The summed E-state index contributed by atoms with van der Waals surface area (Å²) in [6.07, 6.45) is 6.18. The molecule has 12 heteroatoms. The number of likely N-dealkylation sites (tertiary alicyclic amines) is 1. The number of nitrogens with one attached hydrogen (secondary N) is 1. The van der Waals surface area contributed by atoms with E-state index in [-0.39, 0.29) is 41.3 Å². The zero-order chi connectivity index (χ0) is 38.6. The molecular formula is C43H37Cl2N3O7. The zero-order valence-electron chi connectivity index (χ0n) is 29.9. The third kappa shape index (κ3) is 5.95. The van der Waals surface area contributed by atoms with Gasteiger partial charge >= 0.3 is 0 Å². The summed E-state index contributed by atoms with van der Waals surface area (Å²) >= 11 is 12.7. The van der Waals surface area contributed by atoms with Crippen molar-refractivity contribution in [2.45, 2.75) is 24.8 Å². The van der Waals surface area contributed by atoms with E-state index in [0.717, 1.165) is 16.1 Å².